The van der Waals surface area contributed by atoms with Crippen molar-refractivity contribution >= 4 is 38.5 Å². The first-order valence-corrected chi connectivity index (χ1v) is 11.7. The molecule has 34 heavy (non-hydrogen) atoms. The van der Waals surface area contributed by atoms with Gasteiger partial charge in [-0.1, -0.05) is 19.1 Å². The van der Waals surface area contributed by atoms with Crippen molar-refractivity contribution in [2.24, 2.45) is 0 Å². The second-order valence-corrected chi connectivity index (χ2v) is 9.19. The van der Waals surface area contributed by atoms with Crippen LogP contribution in [0.5, 0.6) is 0 Å². The van der Waals surface area contributed by atoms with Gasteiger partial charge in [0.05, 0.1) is 23.3 Å². The van der Waals surface area contributed by atoms with Gasteiger partial charge in [0.15, 0.2) is 11.5 Å². The van der Waals surface area contributed by atoms with Crippen molar-refractivity contribution in [2.75, 3.05) is 15.8 Å². The Morgan fingerprint density at radius 1 is 1.12 bits per heavy atom. The number of halogens is 3. The zero-order valence-electron chi connectivity index (χ0n) is 17.7. The molecule has 0 aliphatic rings. The largest absolute Gasteiger partial charge is 0.323 e. The molecule has 4 rings (SSSR count). The Balaban J connectivity index is 1.61. The second kappa shape index (κ2) is 9.14. The lowest BCUT2D eigenvalue weighted by Gasteiger charge is -2.12. The Morgan fingerprint density at radius 3 is 2.65 bits per heavy atom. The van der Waals surface area contributed by atoms with Gasteiger partial charge in [-0.3, -0.25) is 9.52 Å². The molecule has 0 aliphatic carbocycles. The van der Waals surface area contributed by atoms with Gasteiger partial charge in [0, 0.05) is 5.56 Å². The third-order valence-corrected chi connectivity index (χ3v) is 6.23. The van der Waals surface area contributed by atoms with E-state index in [9.17, 15) is 26.4 Å². The average Bonchev–Trinajstić information content (AvgIpc) is 3.19. The number of nitrogens with one attached hydrogen (secondary N) is 3. The molecule has 0 unspecified atom stereocenters. The summed E-state index contributed by atoms with van der Waals surface area (Å²) in [5, 5.41) is 2.33. The van der Waals surface area contributed by atoms with Crippen LogP contribution in [0.3, 0.4) is 0 Å². The number of carbonyl (C=O) groups is 1. The average molecular weight is 489 g/mol. The summed E-state index contributed by atoms with van der Waals surface area (Å²) < 4.78 is 68.5. The molecule has 3 N–H and O–H groups in total. The quantitative estimate of drug-likeness (QED) is 0.355. The molecule has 0 saturated carbocycles. The normalized spacial score (nSPS) is 11.5. The lowest BCUT2D eigenvalue weighted by Crippen LogP contribution is -2.20. The molecule has 2 aromatic carbocycles. The van der Waals surface area contributed by atoms with E-state index in [-0.39, 0.29) is 17.9 Å². The summed E-state index contributed by atoms with van der Waals surface area (Å²) in [5.74, 6) is -4.03. The topological polar surface area (TPSA) is 117 Å². The lowest BCUT2D eigenvalue weighted by molar-refractivity contribution is 0.101. The number of hydrogen-bond acceptors (Lipinski definition) is 5. The van der Waals surface area contributed by atoms with Gasteiger partial charge in [-0.25, -0.2) is 31.6 Å². The van der Waals surface area contributed by atoms with Crippen molar-refractivity contribution in [3.63, 3.8) is 0 Å². The fraction of sp³-hybridized carbons (Fsp3) is 0.136. The van der Waals surface area contributed by atoms with Crippen molar-refractivity contribution in [1.82, 2.24) is 15.0 Å². The van der Waals surface area contributed by atoms with E-state index in [1.165, 1.54) is 30.5 Å². The third kappa shape index (κ3) is 4.86. The number of carbonyl (C=O) groups excluding carboxylic acids is 1. The highest BCUT2D eigenvalue weighted by Gasteiger charge is 2.23. The molecule has 0 fully saturated rings. The predicted molar refractivity (Wildman–Crippen MR) is 121 cm³/mol. The number of H-pyrrole nitrogens is 1. The molecule has 176 valence electrons. The van der Waals surface area contributed by atoms with Crippen LogP contribution < -0.4 is 10.0 Å². The molecule has 2 heterocycles. The molecule has 0 atom stereocenters. The van der Waals surface area contributed by atoms with Crippen molar-refractivity contribution in [2.45, 2.75) is 13.3 Å². The Labute approximate surface area is 192 Å². The number of aromatic amines is 1. The Bertz CT molecular complexity index is 1510. The zero-order chi connectivity index (χ0) is 24.5. The van der Waals surface area contributed by atoms with E-state index in [1.807, 2.05) is 4.72 Å². The molecule has 12 heteroatoms. The van der Waals surface area contributed by atoms with Gasteiger partial charge in [-0.05, 0) is 36.8 Å². The predicted octanol–water partition coefficient (Wildman–Crippen LogP) is 4.45. The van der Waals surface area contributed by atoms with Crippen LogP contribution in [0.4, 0.5) is 24.5 Å². The highest BCUT2D eigenvalue weighted by atomic mass is 32.2. The maximum atomic E-state index is 14.8. The van der Waals surface area contributed by atoms with Crippen LogP contribution in [0.2, 0.25) is 0 Å². The van der Waals surface area contributed by atoms with Gasteiger partial charge in [0.2, 0.25) is 10.0 Å². The van der Waals surface area contributed by atoms with Gasteiger partial charge in [0.25, 0.3) is 5.91 Å². The number of amides is 1. The highest BCUT2D eigenvalue weighted by Crippen LogP contribution is 2.25. The molecule has 0 saturated heterocycles. The molecule has 0 spiro atoms. The minimum absolute atomic E-state index is 0.0885. The molecule has 0 bridgehead atoms. The summed E-state index contributed by atoms with van der Waals surface area (Å²) >= 11 is 0. The SMILES string of the molecule is CCCS(=O)(=O)Nc1ccc(F)c(C(=O)Nc2cnc3[nH]c(-c4cccc(F)c4)nc3c2)c1F. The minimum atomic E-state index is -3.86. The monoisotopic (exact) mass is 489 g/mol. The number of benzene rings is 2. The van der Waals surface area contributed by atoms with Crippen molar-refractivity contribution in [3.05, 3.63) is 71.7 Å². The number of rotatable bonds is 7. The van der Waals surface area contributed by atoms with E-state index in [4.69, 9.17) is 0 Å². The van der Waals surface area contributed by atoms with Gasteiger partial charge in [0.1, 0.15) is 28.5 Å². The van der Waals surface area contributed by atoms with E-state index in [0.717, 1.165) is 12.1 Å². The van der Waals surface area contributed by atoms with E-state index in [2.05, 4.69) is 20.3 Å². The van der Waals surface area contributed by atoms with E-state index in [1.54, 1.807) is 13.0 Å². The molecular formula is C22H18F3N5O3S. The Morgan fingerprint density at radius 2 is 1.91 bits per heavy atom. The van der Waals surface area contributed by atoms with Crippen LogP contribution in [0.1, 0.15) is 23.7 Å². The molecule has 8 nitrogen and oxygen atoms in total. The van der Waals surface area contributed by atoms with Gasteiger partial charge < -0.3 is 10.3 Å². The smallest absolute Gasteiger partial charge is 0.261 e. The fourth-order valence-electron chi connectivity index (χ4n) is 3.26. The summed E-state index contributed by atoms with van der Waals surface area (Å²) in [4.78, 5) is 24.0. The van der Waals surface area contributed by atoms with E-state index in [0.29, 0.717) is 22.6 Å². The summed E-state index contributed by atoms with van der Waals surface area (Å²) in [6.45, 7) is 1.63. The van der Waals surface area contributed by atoms with Gasteiger partial charge >= 0.3 is 0 Å². The van der Waals surface area contributed by atoms with E-state index >= 15 is 0 Å². The van der Waals surface area contributed by atoms with Crippen molar-refractivity contribution in [3.8, 4) is 11.4 Å². The number of aromatic nitrogens is 3. The molecule has 1 amide bonds. The van der Waals surface area contributed by atoms with Crippen LogP contribution >= 0.6 is 0 Å². The van der Waals surface area contributed by atoms with Gasteiger partial charge in [-0.2, -0.15) is 0 Å². The van der Waals surface area contributed by atoms with Gasteiger partial charge in [-0.15, -0.1) is 0 Å². The lowest BCUT2D eigenvalue weighted by atomic mass is 10.1. The van der Waals surface area contributed by atoms with Crippen LogP contribution in [0.15, 0.2) is 48.7 Å². The van der Waals surface area contributed by atoms with Crippen LogP contribution in [0.25, 0.3) is 22.6 Å². The number of hydrogen-bond donors (Lipinski definition) is 3. The van der Waals surface area contributed by atoms with Crippen molar-refractivity contribution < 1.29 is 26.4 Å². The Kier molecular flexibility index (Phi) is 6.24. The van der Waals surface area contributed by atoms with E-state index < -0.39 is 44.6 Å². The number of fused-ring (bicyclic) bond motifs is 1. The van der Waals surface area contributed by atoms with Crippen LogP contribution in [0, 0.1) is 17.5 Å². The van der Waals surface area contributed by atoms with Crippen molar-refractivity contribution in [1.29, 1.82) is 0 Å². The molecule has 2 aromatic heterocycles. The second-order valence-electron chi connectivity index (χ2n) is 7.35. The molecular weight excluding hydrogens is 471 g/mol. The maximum absolute atomic E-state index is 14.8. The molecule has 0 aliphatic heterocycles. The minimum Gasteiger partial charge on any atom is -0.323 e. The first-order valence-electron chi connectivity index (χ1n) is 10.1. The number of nitrogens with zero attached hydrogens (tertiary/aromatic N) is 2. The standard InChI is InChI=1S/C22H18F3N5O3S/c1-2-8-34(32,33)30-16-7-6-15(24)18(19(16)25)22(31)27-14-10-17-21(26-11-14)29-20(28-17)12-4-3-5-13(23)9-12/h3-7,9-11,30H,2,8H2,1H3,(H,27,31)(H,26,28,29). The summed E-state index contributed by atoms with van der Waals surface area (Å²) in [6.07, 6.45) is 1.53. The molecule has 4 aromatic rings. The summed E-state index contributed by atoms with van der Waals surface area (Å²) in [5.41, 5.74) is -0.262. The molecule has 0 radical (unpaired) electrons. The number of anilines is 2. The first-order chi connectivity index (χ1) is 16.2. The zero-order valence-corrected chi connectivity index (χ0v) is 18.5. The highest BCUT2D eigenvalue weighted by molar-refractivity contribution is 7.92. The summed E-state index contributed by atoms with van der Waals surface area (Å²) in [6, 6.07) is 8.87. The first kappa shape index (κ1) is 23.2. The fourth-order valence-corrected chi connectivity index (χ4v) is 4.39. The number of imidazole rings is 1. The third-order valence-electron chi connectivity index (χ3n) is 4.75. The number of sulfonamides is 1. The Hall–Kier alpha value is -3.93. The van der Waals surface area contributed by atoms with Crippen LogP contribution in [-0.2, 0) is 10.0 Å². The number of pyridine rings is 1. The summed E-state index contributed by atoms with van der Waals surface area (Å²) in [7, 11) is -3.86. The van der Waals surface area contributed by atoms with Crippen LogP contribution in [-0.4, -0.2) is 35.0 Å². The maximum Gasteiger partial charge on any atom is 0.261 e.